The first kappa shape index (κ1) is 21.9. The van der Waals surface area contributed by atoms with Crippen molar-refractivity contribution in [3.63, 3.8) is 0 Å². The molecule has 0 atom stereocenters. The van der Waals surface area contributed by atoms with E-state index in [1.54, 1.807) is 0 Å². The number of hydrogen-bond acceptors (Lipinski definition) is 5. The average molecular weight is 467 g/mol. The molecule has 14 heteroatoms. The number of nitriles is 1. The van der Waals surface area contributed by atoms with E-state index < -0.39 is 49.6 Å². The molecule has 2 aromatic rings. The molecule has 27 heavy (non-hydrogen) atoms. The van der Waals surface area contributed by atoms with E-state index in [-0.39, 0.29) is 11.5 Å². The topological polar surface area (TPSA) is 53.6 Å². The largest absolute Gasteiger partial charge is 0.446 e. The third kappa shape index (κ3) is 4.90. The maximum atomic E-state index is 12.9. The summed E-state index contributed by atoms with van der Waals surface area (Å²) in [5, 5.41) is 11.8. The van der Waals surface area contributed by atoms with Gasteiger partial charge < -0.3 is 4.72 Å². The summed E-state index contributed by atoms with van der Waals surface area (Å²) in [6.45, 7) is 0. The van der Waals surface area contributed by atoms with Gasteiger partial charge in [-0.15, -0.1) is 0 Å². The van der Waals surface area contributed by atoms with Crippen LogP contribution < -0.4 is 4.72 Å². The summed E-state index contributed by atoms with van der Waals surface area (Å²) in [6, 6.07) is 2.64. The van der Waals surface area contributed by atoms with E-state index in [0.29, 0.717) is 12.1 Å². The second-order valence-electron chi connectivity index (χ2n) is 4.69. The van der Waals surface area contributed by atoms with E-state index in [4.69, 9.17) is 28.5 Å². The lowest BCUT2D eigenvalue weighted by molar-refractivity contribution is -0.137. The van der Waals surface area contributed by atoms with Crippen LogP contribution in [0.15, 0.2) is 17.0 Å². The molecule has 0 aliphatic carbocycles. The van der Waals surface area contributed by atoms with Gasteiger partial charge in [0.2, 0.25) is 0 Å². The van der Waals surface area contributed by atoms with Gasteiger partial charge >= 0.3 is 11.7 Å². The monoisotopic (exact) mass is 466 g/mol. The summed E-state index contributed by atoms with van der Waals surface area (Å²) in [5.41, 5.74) is -6.77. The van der Waals surface area contributed by atoms with Crippen LogP contribution in [0.5, 0.6) is 0 Å². The Kier molecular flexibility index (Phi) is 6.40. The first-order valence-corrected chi connectivity index (χ1v) is 9.33. The van der Waals surface area contributed by atoms with Gasteiger partial charge in [0, 0.05) is 6.26 Å². The quantitative estimate of drug-likeness (QED) is 0.322. The number of rotatable bonds is 4. The Bertz CT molecular complexity index is 881. The standard InChI is InChI=1S/C13H6Cl2F6N4S2/c1-26-24-11-10(27-13(19,20)21)8(4-22)23-25(11)9-6(14)2-5(3-7(9)15)12(16,17)18/h2-3,24H,1H3. The van der Waals surface area contributed by atoms with Crippen molar-refractivity contribution in [1.29, 1.82) is 5.26 Å². The maximum absolute atomic E-state index is 12.9. The number of anilines is 1. The number of alkyl halides is 6. The van der Waals surface area contributed by atoms with Crippen molar-refractivity contribution >= 4 is 52.7 Å². The van der Waals surface area contributed by atoms with Crippen LogP contribution in [0.1, 0.15) is 11.3 Å². The Labute approximate surface area is 166 Å². The number of thioether (sulfide) groups is 1. The van der Waals surface area contributed by atoms with E-state index in [0.717, 1.165) is 16.6 Å². The van der Waals surface area contributed by atoms with Gasteiger partial charge in [-0.2, -0.15) is 36.7 Å². The summed E-state index contributed by atoms with van der Waals surface area (Å²) >= 11 is 12.1. The fourth-order valence-electron chi connectivity index (χ4n) is 1.97. The molecule has 1 N–H and O–H groups in total. The van der Waals surface area contributed by atoms with Crippen molar-refractivity contribution in [2.45, 2.75) is 16.6 Å². The van der Waals surface area contributed by atoms with Crippen LogP contribution in [0.3, 0.4) is 0 Å². The highest BCUT2D eigenvalue weighted by Gasteiger charge is 2.36. The lowest BCUT2D eigenvalue weighted by Crippen LogP contribution is -2.08. The van der Waals surface area contributed by atoms with Gasteiger partial charge in [-0.05, 0) is 23.9 Å². The minimum Gasteiger partial charge on any atom is -0.314 e. The van der Waals surface area contributed by atoms with Crippen molar-refractivity contribution in [3.05, 3.63) is 33.4 Å². The minimum absolute atomic E-state index is 0.298. The van der Waals surface area contributed by atoms with E-state index in [2.05, 4.69) is 9.82 Å². The third-order valence-electron chi connectivity index (χ3n) is 2.92. The van der Waals surface area contributed by atoms with Crippen molar-refractivity contribution in [1.82, 2.24) is 9.78 Å². The second-order valence-corrected chi connectivity index (χ2v) is 7.19. The molecule has 4 nitrogen and oxygen atoms in total. The highest BCUT2D eigenvalue weighted by molar-refractivity contribution is 8.01. The van der Waals surface area contributed by atoms with Crippen molar-refractivity contribution in [3.8, 4) is 11.8 Å². The Morgan fingerprint density at radius 2 is 1.70 bits per heavy atom. The van der Waals surface area contributed by atoms with Crippen molar-refractivity contribution in [2.24, 2.45) is 0 Å². The fourth-order valence-corrected chi connectivity index (χ4v) is 3.71. The van der Waals surface area contributed by atoms with E-state index in [1.807, 2.05) is 0 Å². The molecule has 1 aromatic heterocycles. The van der Waals surface area contributed by atoms with Gasteiger partial charge in [0.1, 0.15) is 11.8 Å². The predicted molar refractivity (Wildman–Crippen MR) is 92.4 cm³/mol. The molecular weight excluding hydrogens is 461 g/mol. The van der Waals surface area contributed by atoms with Gasteiger partial charge in [-0.1, -0.05) is 35.1 Å². The fraction of sp³-hybridized carbons (Fsp3) is 0.231. The summed E-state index contributed by atoms with van der Waals surface area (Å²) in [7, 11) is 0. The minimum atomic E-state index is -4.73. The molecule has 1 heterocycles. The SMILES string of the molecule is CSNc1c(SC(F)(F)F)c(C#N)nn1-c1c(Cl)cc(C(F)(F)F)cc1Cl. The van der Waals surface area contributed by atoms with Gasteiger partial charge in [-0.3, -0.25) is 0 Å². The van der Waals surface area contributed by atoms with Crippen LogP contribution in [0.4, 0.5) is 32.2 Å². The van der Waals surface area contributed by atoms with Crippen molar-refractivity contribution < 1.29 is 26.3 Å². The Morgan fingerprint density at radius 3 is 2.11 bits per heavy atom. The molecule has 0 aliphatic heterocycles. The average Bonchev–Trinajstić information content (AvgIpc) is 2.82. The Morgan fingerprint density at radius 1 is 1.15 bits per heavy atom. The molecule has 0 spiro atoms. The molecule has 0 saturated carbocycles. The molecule has 0 aliphatic rings. The molecule has 2 rings (SSSR count). The number of aromatic nitrogens is 2. The maximum Gasteiger partial charge on any atom is 0.446 e. The van der Waals surface area contributed by atoms with Crippen LogP contribution in [0, 0.1) is 11.3 Å². The lowest BCUT2D eigenvalue weighted by atomic mass is 10.2. The molecule has 0 saturated heterocycles. The highest BCUT2D eigenvalue weighted by atomic mass is 35.5. The van der Waals surface area contributed by atoms with Gasteiger partial charge in [0.15, 0.2) is 11.5 Å². The zero-order chi connectivity index (χ0) is 20.6. The van der Waals surface area contributed by atoms with Crippen LogP contribution in [-0.2, 0) is 6.18 Å². The highest BCUT2D eigenvalue weighted by Crippen LogP contribution is 2.45. The summed E-state index contributed by atoms with van der Waals surface area (Å²) in [6.07, 6.45) is -3.24. The smallest absolute Gasteiger partial charge is 0.314 e. The molecular formula is C13H6Cl2F6N4S2. The number of halogens is 8. The van der Waals surface area contributed by atoms with E-state index in [1.165, 1.54) is 12.3 Å². The summed E-state index contributed by atoms with van der Waals surface area (Å²) in [5.74, 6) is -0.301. The van der Waals surface area contributed by atoms with E-state index in [9.17, 15) is 26.3 Å². The summed E-state index contributed by atoms with van der Waals surface area (Å²) in [4.78, 5) is -0.564. The van der Waals surface area contributed by atoms with Crippen LogP contribution in [0.2, 0.25) is 10.0 Å². The Hall–Kier alpha value is -1.42. The molecule has 1 aromatic carbocycles. The van der Waals surface area contributed by atoms with E-state index >= 15 is 0 Å². The number of nitrogens with zero attached hydrogens (tertiary/aromatic N) is 3. The van der Waals surface area contributed by atoms with Gasteiger partial charge in [0.25, 0.3) is 0 Å². The van der Waals surface area contributed by atoms with Crippen LogP contribution in [0.25, 0.3) is 5.69 Å². The predicted octanol–water partition coefficient (Wildman–Crippen LogP) is 6.37. The first-order valence-electron chi connectivity index (χ1n) is 6.53. The van der Waals surface area contributed by atoms with Gasteiger partial charge in [-0.25, -0.2) is 4.68 Å². The Balaban J connectivity index is 2.74. The molecule has 0 fully saturated rings. The number of hydrogen-bond donors (Lipinski definition) is 1. The number of benzene rings is 1. The molecule has 146 valence electrons. The zero-order valence-corrected chi connectivity index (χ0v) is 16.0. The normalized spacial score (nSPS) is 12.1. The molecule has 0 unspecified atom stereocenters. The first-order chi connectivity index (χ1) is 12.4. The second kappa shape index (κ2) is 7.90. The molecule has 0 radical (unpaired) electrons. The van der Waals surface area contributed by atoms with Gasteiger partial charge in [0.05, 0.1) is 20.5 Å². The van der Waals surface area contributed by atoms with Crippen LogP contribution in [-0.4, -0.2) is 21.5 Å². The van der Waals surface area contributed by atoms with Crippen LogP contribution >= 0.6 is 46.9 Å². The zero-order valence-electron chi connectivity index (χ0n) is 12.8. The lowest BCUT2D eigenvalue weighted by Gasteiger charge is -2.15. The number of nitrogens with one attached hydrogen (secondary N) is 1. The molecule has 0 amide bonds. The summed E-state index contributed by atoms with van der Waals surface area (Å²) < 4.78 is 80.4. The van der Waals surface area contributed by atoms with Crippen molar-refractivity contribution in [2.75, 3.05) is 11.0 Å². The molecule has 0 bridgehead atoms. The third-order valence-corrected chi connectivity index (χ3v) is 4.72.